The van der Waals surface area contributed by atoms with E-state index in [2.05, 4.69) is 46.4 Å². The summed E-state index contributed by atoms with van der Waals surface area (Å²) in [5.74, 6) is 1.15. The van der Waals surface area contributed by atoms with Crippen molar-refractivity contribution in [1.82, 2.24) is 4.90 Å². The number of hydrogen-bond acceptors (Lipinski definition) is 3. The van der Waals surface area contributed by atoms with Crippen LogP contribution in [0.5, 0.6) is 0 Å². The van der Waals surface area contributed by atoms with Crippen molar-refractivity contribution in [1.29, 1.82) is 0 Å². The Bertz CT molecular complexity index is 467. The molecule has 1 atom stereocenters. The highest BCUT2D eigenvalue weighted by Gasteiger charge is 2.28. The van der Waals surface area contributed by atoms with Gasteiger partial charge in [0.25, 0.3) is 0 Å². The van der Waals surface area contributed by atoms with E-state index in [1.54, 1.807) is 0 Å². The van der Waals surface area contributed by atoms with Crippen LogP contribution in [0.3, 0.4) is 0 Å². The van der Waals surface area contributed by atoms with Crippen molar-refractivity contribution in [3.63, 3.8) is 0 Å². The summed E-state index contributed by atoms with van der Waals surface area (Å²) in [6.07, 6.45) is 1.19. The monoisotopic (exact) mass is 376 g/mol. The fourth-order valence-corrected chi connectivity index (χ4v) is 4.40. The van der Waals surface area contributed by atoms with Crippen LogP contribution >= 0.6 is 39.3 Å². The van der Waals surface area contributed by atoms with E-state index in [-0.39, 0.29) is 6.04 Å². The van der Waals surface area contributed by atoms with Crippen molar-refractivity contribution < 1.29 is 0 Å². The predicted molar refractivity (Wildman–Crippen MR) is 93.7 cm³/mol. The molecule has 0 radical (unpaired) electrons. The molecule has 1 unspecified atom stereocenters. The average Bonchev–Trinajstić information content (AvgIpc) is 2.56. The van der Waals surface area contributed by atoms with Gasteiger partial charge < -0.3 is 5.73 Å². The Morgan fingerprint density at radius 2 is 2.20 bits per heavy atom. The van der Waals surface area contributed by atoms with Crippen LogP contribution in [0.1, 0.15) is 31.9 Å². The van der Waals surface area contributed by atoms with Gasteiger partial charge in [-0.25, -0.2) is 0 Å². The lowest BCUT2D eigenvalue weighted by atomic mass is 10.0. The molecule has 1 aromatic carbocycles. The van der Waals surface area contributed by atoms with Gasteiger partial charge in [0.15, 0.2) is 0 Å². The summed E-state index contributed by atoms with van der Waals surface area (Å²) in [5.41, 5.74) is 7.26. The molecule has 2 nitrogen and oxygen atoms in total. The fraction of sp³-hybridized carbons (Fsp3) is 0.600. The van der Waals surface area contributed by atoms with Crippen molar-refractivity contribution in [2.45, 2.75) is 31.1 Å². The first-order chi connectivity index (χ1) is 9.43. The summed E-state index contributed by atoms with van der Waals surface area (Å²) in [5, 5.41) is 0.770. The van der Waals surface area contributed by atoms with E-state index in [1.165, 1.54) is 12.0 Å². The van der Waals surface area contributed by atoms with Gasteiger partial charge in [0.1, 0.15) is 0 Å². The molecule has 112 valence electrons. The van der Waals surface area contributed by atoms with Crippen LogP contribution in [0.25, 0.3) is 0 Å². The third-order valence-electron chi connectivity index (χ3n) is 3.85. The number of nitrogens with two attached hydrogens (primary N) is 1. The molecule has 0 saturated carbocycles. The molecule has 1 saturated heterocycles. The third kappa shape index (κ3) is 4.14. The molecule has 0 aromatic heterocycles. The molecule has 1 aromatic rings. The van der Waals surface area contributed by atoms with Crippen molar-refractivity contribution in [2.24, 2.45) is 5.73 Å². The Kier molecular flexibility index (Phi) is 5.83. The summed E-state index contributed by atoms with van der Waals surface area (Å²) < 4.78 is 1.45. The van der Waals surface area contributed by atoms with Crippen molar-refractivity contribution >= 4 is 39.3 Å². The first kappa shape index (κ1) is 16.6. The van der Waals surface area contributed by atoms with Crippen molar-refractivity contribution in [3.05, 3.63) is 33.3 Å². The van der Waals surface area contributed by atoms with Crippen LogP contribution < -0.4 is 5.73 Å². The number of benzene rings is 1. The summed E-state index contributed by atoms with van der Waals surface area (Å²) in [4.78, 5) is 2.50. The predicted octanol–water partition coefficient (Wildman–Crippen LogP) is 4.32. The lowest BCUT2D eigenvalue weighted by molar-refractivity contribution is 0.210. The molecule has 1 fully saturated rings. The second kappa shape index (κ2) is 7.01. The number of rotatable bonds is 3. The summed E-state index contributed by atoms with van der Waals surface area (Å²) in [6.45, 7) is 7.43. The minimum Gasteiger partial charge on any atom is -0.329 e. The number of nitrogens with zero attached hydrogens (tertiary/aromatic N) is 1. The van der Waals surface area contributed by atoms with Gasteiger partial charge in [0.2, 0.25) is 0 Å². The third-order valence-corrected chi connectivity index (χ3v) is 6.18. The van der Waals surface area contributed by atoms with Crippen LogP contribution in [-0.2, 0) is 0 Å². The van der Waals surface area contributed by atoms with E-state index < -0.39 is 0 Å². The minimum absolute atomic E-state index is 0.234. The van der Waals surface area contributed by atoms with Gasteiger partial charge in [0.05, 0.1) is 0 Å². The largest absolute Gasteiger partial charge is 0.329 e. The first-order valence-corrected chi connectivity index (χ1v) is 9.11. The quantitative estimate of drug-likeness (QED) is 0.850. The highest BCUT2D eigenvalue weighted by atomic mass is 79.9. The normalized spacial score (nSPS) is 21.4. The van der Waals surface area contributed by atoms with Crippen LogP contribution in [0, 0.1) is 0 Å². The molecule has 5 heteroatoms. The van der Waals surface area contributed by atoms with Crippen LogP contribution in [-0.4, -0.2) is 35.0 Å². The minimum atomic E-state index is 0.234. The van der Waals surface area contributed by atoms with Gasteiger partial charge in [-0.1, -0.05) is 41.4 Å². The molecule has 1 aliphatic heterocycles. The molecule has 0 bridgehead atoms. The van der Waals surface area contributed by atoms with E-state index in [1.807, 2.05) is 18.2 Å². The number of thioether (sulfide) groups is 1. The second-order valence-electron chi connectivity index (χ2n) is 5.81. The molecule has 0 aliphatic carbocycles. The highest BCUT2D eigenvalue weighted by Crippen LogP contribution is 2.35. The van der Waals surface area contributed by atoms with Gasteiger partial charge in [-0.15, -0.1) is 0 Å². The Morgan fingerprint density at radius 1 is 1.45 bits per heavy atom. The van der Waals surface area contributed by atoms with E-state index in [0.717, 1.165) is 28.3 Å². The van der Waals surface area contributed by atoms with Gasteiger partial charge in [-0.05, 0) is 30.2 Å². The number of hydrogen-bond donors (Lipinski definition) is 1. The summed E-state index contributed by atoms with van der Waals surface area (Å²) in [7, 11) is 0. The maximum Gasteiger partial charge on any atom is 0.0482 e. The Morgan fingerprint density at radius 3 is 2.90 bits per heavy atom. The van der Waals surface area contributed by atoms with E-state index in [4.69, 9.17) is 17.3 Å². The second-order valence-corrected chi connectivity index (χ2v) is 8.90. The fourth-order valence-electron chi connectivity index (χ4n) is 2.59. The average molecular weight is 378 g/mol. The zero-order valence-corrected chi connectivity index (χ0v) is 15.2. The molecule has 1 aliphatic rings. The standard InChI is InChI=1S/C15H22BrClN2S/c1-15(2)5-6-19(7-8-20-15)14(10-18)12-9-11(17)3-4-13(12)16/h3-4,9,14H,5-8,10,18H2,1-2H3. The molecule has 0 spiro atoms. The molecule has 0 amide bonds. The first-order valence-electron chi connectivity index (χ1n) is 6.96. The van der Waals surface area contributed by atoms with Gasteiger partial charge in [-0.2, -0.15) is 11.8 Å². The van der Waals surface area contributed by atoms with E-state index in [0.29, 0.717) is 11.3 Å². The highest BCUT2D eigenvalue weighted by molar-refractivity contribution is 9.10. The topological polar surface area (TPSA) is 29.3 Å². The SMILES string of the molecule is CC1(C)CCN(C(CN)c2cc(Cl)ccc2Br)CCS1. The Balaban J connectivity index is 2.21. The van der Waals surface area contributed by atoms with Crippen LogP contribution in [0.15, 0.2) is 22.7 Å². The van der Waals surface area contributed by atoms with Gasteiger partial charge in [-0.3, -0.25) is 4.90 Å². The van der Waals surface area contributed by atoms with Gasteiger partial charge >= 0.3 is 0 Å². The van der Waals surface area contributed by atoms with Gasteiger partial charge in [0, 0.05) is 45.7 Å². The molecule has 1 heterocycles. The zero-order valence-electron chi connectivity index (χ0n) is 12.0. The maximum atomic E-state index is 6.15. The molecule has 20 heavy (non-hydrogen) atoms. The van der Waals surface area contributed by atoms with Crippen molar-refractivity contribution in [3.8, 4) is 0 Å². The molecular weight excluding hydrogens is 356 g/mol. The smallest absolute Gasteiger partial charge is 0.0482 e. The van der Waals surface area contributed by atoms with Crippen LogP contribution in [0.4, 0.5) is 0 Å². The molecular formula is C15H22BrClN2S. The Hall–Kier alpha value is 0.260. The summed E-state index contributed by atoms with van der Waals surface area (Å²) >= 11 is 11.8. The lowest BCUT2D eigenvalue weighted by Gasteiger charge is -2.31. The number of halogens is 2. The summed E-state index contributed by atoms with van der Waals surface area (Å²) in [6, 6.07) is 6.19. The van der Waals surface area contributed by atoms with Crippen LogP contribution in [0.2, 0.25) is 5.02 Å². The lowest BCUT2D eigenvalue weighted by Crippen LogP contribution is -2.36. The van der Waals surface area contributed by atoms with E-state index in [9.17, 15) is 0 Å². The van der Waals surface area contributed by atoms with E-state index >= 15 is 0 Å². The zero-order chi connectivity index (χ0) is 14.8. The Labute approximate surface area is 139 Å². The molecule has 2 N–H and O–H groups in total. The van der Waals surface area contributed by atoms with Crippen molar-refractivity contribution in [2.75, 3.05) is 25.4 Å². The maximum absolute atomic E-state index is 6.15. The molecule has 2 rings (SSSR count).